The summed E-state index contributed by atoms with van der Waals surface area (Å²) in [5.74, 6) is 1.59. The lowest BCUT2D eigenvalue weighted by Crippen LogP contribution is -2.46. The van der Waals surface area contributed by atoms with Crippen molar-refractivity contribution in [1.29, 1.82) is 0 Å². The summed E-state index contributed by atoms with van der Waals surface area (Å²) in [4.78, 5) is 6.87. The van der Waals surface area contributed by atoms with Crippen LogP contribution in [0.15, 0.2) is 53.7 Å². The first kappa shape index (κ1) is 23.4. The topological polar surface area (TPSA) is 79.1 Å². The van der Waals surface area contributed by atoms with Gasteiger partial charge in [0.25, 0.3) is 0 Å². The monoisotopic (exact) mass is 535 g/mol. The van der Waals surface area contributed by atoms with Crippen LogP contribution in [0, 0.1) is 6.92 Å². The predicted molar refractivity (Wildman–Crippen MR) is 133 cm³/mol. The molecule has 0 spiro atoms. The zero-order valence-electron chi connectivity index (χ0n) is 18.0. The standard InChI is InChI=1S/C22H29N7O.HI/c1-17-6-5-7-18(14-17)19(28-10-12-30-13-11-28)15-24-22(23-2)25-16-21-27-26-20-8-3-4-9-29(20)21;/h3-9,14,19H,10-13,15-16H2,1-2H3,(H2,23,24,25);1H. The molecule has 1 unspecified atom stereocenters. The van der Waals surface area contributed by atoms with Gasteiger partial charge in [-0.2, -0.15) is 0 Å². The maximum atomic E-state index is 5.56. The highest BCUT2D eigenvalue weighted by molar-refractivity contribution is 14.0. The fraction of sp³-hybridized carbons (Fsp3) is 0.409. The number of aromatic nitrogens is 3. The molecule has 3 aromatic rings. The van der Waals surface area contributed by atoms with E-state index in [0.29, 0.717) is 6.54 Å². The molecule has 31 heavy (non-hydrogen) atoms. The Labute approximate surface area is 200 Å². The molecule has 4 rings (SSSR count). The molecular weight excluding hydrogens is 505 g/mol. The highest BCUT2D eigenvalue weighted by atomic mass is 127. The van der Waals surface area contributed by atoms with E-state index in [-0.39, 0.29) is 30.0 Å². The highest BCUT2D eigenvalue weighted by Crippen LogP contribution is 2.22. The van der Waals surface area contributed by atoms with Crippen molar-refractivity contribution in [3.8, 4) is 0 Å². The average Bonchev–Trinajstić information content (AvgIpc) is 3.20. The zero-order valence-corrected chi connectivity index (χ0v) is 20.3. The van der Waals surface area contributed by atoms with E-state index in [1.165, 1.54) is 11.1 Å². The van der Waals surface area contributed by atoms with Crippen molar-refractivity contribution in [2.75, 3.05) is 39.9 Å². The molecule has 3 heterocycles. The second-order valence-electron chi connectivity index (χ2n) is 7.43. The van der Waals surface area contributed by atoms with Crippen LogP contribution in [0.1, 0.15) is 23.0 Å². The van der Waals surface area contributed by atoms with Crippen molar-refractivity contribution in [2.24, 2.45) is 4.99 Å². The van der Waals surface area contributed by atoms with Gasteiger partial charge in [-0.15, -0.1) is 34.2 Å². The number of benzene rings is 1. The first-order valence-corrected chi connectivity index (χ1v) is 10.4. The molecule has 1 aromatic carbocycles. The zero-order chi connectivity index (χ0) is 20.8. The molecule has 1 aliphatic rings. The Bertz CT molecular complexity index is 1000. The molecule has 0 aliphatic carbocycles. The summed E-state index contributed by atoms with van der Waals surface area (Å²) < 4.78 is 7.53. The number of nitrogens with one attached hydrogen (secondary N) is 2. The minimum absolute atomic E-state index is 0. The number of hydrogen-bond donors (Lipinski definition) is 2. The maximum absolute atomic E-state index is 5.56. The summed E-state index contributed by atoms with van der Waals surface area (Å²) in [5, 5.41) is 15.3. The number of aliphatic imine (C=N–C) groups is 1. The molecule has 0 bridgehead atoms. The van der Waals surface area contributed by atoms with Crippen molar-refractivity contribution in [2.45, 2.75) is 19.5 Å². The average molecular weight is 535 g/mol. The Morgan fingerprint density at radius 2 is 1.97 bits per heavy atom. The SMILES string of the molecule is CN=C(NCc1nnc2ccccn12)NCC(c1cccc(C)c1)N1CCOCC1.I. The first-order chi connectivity index (χ1) is 14.7. The number of guanidine groups is 1. The van der Waals surface area contributed by atoms with Crippen LogP contribution in [0.25, 0.3) is 5.65 Å². The van der Waals surface area contributed by atoms with Crippen LogP contribution < -0.4 is 10.6 Å². The summed E-state index contributed by atoms with van der Waals surface area (Å²) in [7, 11) is 1.79. The van der Waals surface area contributed by atoms with Crippen molar-refractivity contribution in [3.05, 3.63) is 65.6 Å². The first-order valence-electron chi connectivity index (χ1n) is 10.4. The second kappa shape index (κ2) is 11.4. The summed E-state index contributed by atoms with van der Waals surface area (Å²) in [6.45, 7) is 6.83. The largest absolute Gasteiger partial charge is 0.379 e. The van der Waals surface area contributed by atoms with E-state index < -0.39 is 0 Å². The second-order valence-corrected chi connectivity index (χ2v) is 7.43. The van der Waals surface area contributed by atoms with Crippen LogP contribution >= 0.6 is 24.0 Å². The number of aryl methyl sites for hydroxylation is 1. The van der Waals surface area contributed by atoms with E-state index in [1.807, 2.05) is 28.8 Å². The van der Waals surface area contributed by atoms with Gasteiger partial charge in [-0.25, -0.2) is 0 Å². The predicted octanol–water partition coefficient (Wildman–Crippen LogP) is 2.39. The van der Waals surface area contributed by atoms with E-state index in [2.05, 4.69) is 61.9 Å². The van der Waals surface area contributed by atoms with E-state index in [9.17, 15) is 0 Å². The summed E-state index contributed by atoms with van der Waals surface area (Å²) >= 11 is 0. The lowest BCUT2D eigenvalue weighted by atomic mass is 10.0. The van der Waals surface area contributed by atoms with E-state index >= 15 is 0 Å². The van der Waals surface area contributed by atoms with Crippen LogP contribution in [-0.4, -0.2) is 65.4 Å². The minimum Gasteiger partial charge on any atom is -0.379 e. The highest BCUT2D eigenvalue weighted by Gasteiger charge is 2.23. The summed E-state index contributed by atoms with van der Waals surface area (Å²) in [6.07, 6.45) is 1.97. The van der Waals surface area contributed by atoms with Gasteiger partial charge >= 0.3 is 0 Å². The Morgan fingerprint density at radius 1 is 1.13 bits per heavy atom. The van der Waals surface area contributed by atoms with Gasteiger partial charge in [-0.05, 0) is 24.6 Å². The molecule has 2 aromatic heterocycles. The molecule has 2 N–H and O–H groups in total. The van der Waals surface area contributed by atoms with Gasteiger partial charge in [0.15, 0.2) is 17.4 Å². The molecule has 1 atom stereocenters. The Hall–Kier alpha value is -2.24. The van der Waals surface area contributed by atoms with Gasteiger partial charge in [0, 0.05) is 32.9 Å². The van der Waals surface area contributed by atoms with Crippen molar-refractivity contribution < 1.29 is 4.74 Å². The lowest BCUT2D eigenvalue weighted by Gasteiger charge is -2.35. The van der Waals surface area contributed by atoms with Gasteiger partial charge in [0.05, 0.1) is 25.8 Å². The van der Waals surface area contributed by atoms with Crippen molar-refractivity contribution in [1.82, 2.24) is 30.1 Å². The Kier molecular flexibility index (Phi) is 8.61. The van der Waals surface area contributed by atoms with Crippen LogP contribution in [0.3, 0.4) is 0 Å². The molecule has 1 fully saturated rings. The lowest BCUT2D eigenvalue weighted by molar-refractivity contribution is 0.0170. The number of morpholine rings is 1. The third-order valence-corrected chi connectivity index (χ3v) is 5.40. The molecule has 1 saturated heterocycles. The minimum atomic E-state index is 0. The van der Waals surface area contributed by atoms with Gasteiger partial charge in [0.1, 0.15) is 0 Å². The van der Waals surface area contributed by atoms with Crippen LogP contribution in [0.2, 0.25) is 0 Å². The van der Waals surface area contributed by atoms with Gasteiger partial charge < -0.3 is 15.4 Å². The Balaban J connectivity index is 0.00000272. The third kappa shape index (κ3) is 5.92. The van der Waals surface area contributed by atoms with Crippen molar-refractivity contribution in [3.63, 3.8) is 0 Å². The number of hydrogen-bond acceptors (Lipinski definition) is 5. The number of pyridine rings is 1. The quantitative estimate of drug-likeness (QED) is 0.287. The molecule has 0 saturated carbocycles. The smallest absolute Gasteiger partial charge is 0.191 e. The molecule has 9 heteroatoms. The summed E-state index contributed by atoms with van der Waals surface area (Å²) in [5.41, 5.74) is 3.42. The molecule has 0 amide bonds. The third-order valence-electron chi connectivity index (χ3n) is 5.40. The normalized spacial score (nSPS) is 16.0. The molecular formula is C22H30IN7O. The van der Waals surface area contributed by atoms with Crippen molar-refractivity contribution >= 4 is 35.6 Å². The number of fused-ring (bicyclic) bond motifs is 1. The number of ether oxygens (including phenoxy) is 1. The van der Waals surface area contributed by atoms with Gasteiger partial charge in [0.2, 0.25) is 0 Å². The van der Waals surface area contributed by atoms with Gasteiger partial charge in [-0.1, -0.05) is 35.9 Å². The molecule has 166 valence electrons. The van der Waals surface area contributed by atoms with E-state index in [1.54, 1.807) is 7.05 Å². The molecule has 1 aliphatic heterocycles. The molecule has 0 radical (unpaired) electrons. The number of nitrogens with zero attached hydrogens (tertiary/aromatic N) is 5. The summed E-state index contributed by atoms with van der Waals surface area (Å²) in [6, 6.07) is 14.9. The fourth-order valence-corrected chi connectivity index (χ4v) is 3.81. The molecule has 8 nitrogen and oxygen atoms in total. The van der Waals surface area contributed by atoms with E-state index in [4.69, 9.17) is 4.74 Å². The number of halogens is 1. The van der Waals surface area contributed by atoms with Crippen LogP contribution in [0.5, 0.6) is 0 Å². The van der Waals surface area contributed by atoms with E-state index in [0.717, 1.165) is 50.3 Å². The fourth-order valence-electron chi connectivity index (χ4n) is 3.81. The Morgan fingerprint density at radius 3 is 2.74 bits per heavy atom. The van der Waals surface area contributed by atoms with Crippen LogP contribution in [0.4, 0.5) is 0 Å². The maximum Gasteiger partial charge on any atom is 0.191 e. The van der Waals surface area contributed by atoms with Crippen LogP contribution in [-0.2, 0) is 11.3 Å². The van der Waals surface area contributed by atoms with Gasteiger partial charge in [-0.3, -0.25) is 14.3 Å². The number of rotatable bonds is 6.